The molecule has 5 rings (SSSR count). The summed E-state index contributed by atoms with van der Waals surface area (Å²) in [6.07, 6.45) is 8.34. The van der Waals surface area contributed by atoms with Crippen LogP contribution in [0.2, 0.25) is 0 Å². The maximum absolute atomic E-state index is 12.4. The van der Waals surface area contributed by atoms with Crippen molar-refractivity contribution in [2.75, 3.05) is 6.54 Å². The molecule has 0 radical (unpaired) electrons. The van der Waals surface area contributed by atoms with Crippen LogP contribution in [-0.2, 0) is 6.54 Å². The lowest BCUT2D eigenvalue weighted by Gasteiger charge is -2.54. The van der Waals surface area contributed by atoms with E-state index in [1.54, 1.807) is 10.9 Å². The summed E-state index contributed by atoms with van der Waals surface area (Å²) in [5.74, 6) is 3.14. The highest BCUT2D eigenvalue weighted by Gasteiger charge is 2.48. The number of aromatic nitrogens is 3. The van der Waals surface area contributed by atoms with Gasteiger partial charge in [-0.2, -0.15) is 0 Å². The Bertz CT molecular complexity index is 512. The van der Waals surface area contributed by atoms with Gasteiger partial charge in [-0.1, -0.05) is 5.21 Å². The smallest absolute Gasteiger partial charge is 0.273 e. The van der Waals surface area contributed by atoms with Gasteiger partial charge in [-0.3, -0.25) is 9.48 Å². The van der Waals surface area contributed by atoms with Crippen molar-refractivity contribution in [1.29, 1.82) is 0 Å². The maximum atomic E-state index is 12.4. The van der Waals surface area contributed by atoms with Crippen LogP contribution in [0, 0.1) is 23.7 Å². The van der Waals surface area contributed by atoms with E-state index >= 15 is 0 Å². The molecule has 6 heteroatoms. The fourth-order valence-corrected chi connectivity index (χ4v) is 5.03. The third-order valence-electron chi connectivity index (χ3n) is 5.65. The van der Waals surface area contributed by atoms with Crippen LogP contribution in [-0.4, -0.2) is 33.5 Å². The number of nitrogens with two attached hydrogens (primary N) is 1. The number of nitrogens with zero attached hydrogens (tertiary/aromatic N) is 3. The Morgan fingerprint density at radius 1 is 1.24 bits per heavy atom. The first-order valence-electron chi connectivity index (χ1n) is 8.14. The number of rotatable bonds is 4. The van der Waals surface area contributed by atoms with Crippen LogP contribution in [0.5, 0.6) is 0 Å². The summed E-state index contributed by atoms with van der Waals surface area (Å²) in [5, 5.41) is 11.1. The Morgan fingerprint density at radius 2 is 1.90 bits per heavy atom. The average molecular weight is 289 g/mol. The van der Waals surface area contributed by atoms with E-state index in [1.165, 1.54) is 32.1 Å². The second kappa shape index (κ2) is 5.09. The molecule has 0 atom stereocenters. The van der Waals surface area contributed by atoms with Gasteiger partial charge in [0, 0.05) is 12.6 Å². The minimum absolute atomic E-state index is 0.0734. The summed E-state index contributed by atoms with van der Waals surface area (Å²) in [6.45, 7) is 1.10. The minimum Gasteiger partial charge on any atom is -0.347 e. The lowest BCUT2D eigenvalue weighted by molar-refractivity contribution is -0.0120. The quantitative estimate of drug-likeness (QED) is 0.858. The van der Waals surface area contributed by atoms with Crippen molar-refractivity contribution in [1.82, 2.24) is 20.3 Å². The van der Waals surface area contributed by atoms with Gasteiger partial charge in [-0.15, -0.1) is 5.10 Å². The first-order valence-corrected chi connectivity index (χ1v) is 8.14. The summed E-state index contributed by atoms with van der Waals surface area (Å²) in [7, 11) is 0. The van der Waals surface area contributed by atoms with Crippen LogP contribution < -0.4 is 11.1 Å². The summed E-state index contributed by atoms with van der Waals surface area (Å²) < 4.78 is 1.63. The lowest BCUT2D eigenvalue weighted by Crippen LogP contribution is -2.55. The predicted octanol–water partition coefficient (Wildman–Crippen LogP) is 0.791. The molecule has 114 valence electrons. The van der Waals surface area contributed by atoms with Crippen molar-refractivity contribution in [3.8, 4) is 0 Å². The highest BCUT2D eigenvalue weighted by Crippen LogP contribution is 2.53. The topological polar surface area (TPSA) is 85.8 Å². The molecule has 4 aliphatic rings. The molecule has 1 heterocycles. The van der Waals surface area contributed by atoms with Gasteiger partial charge in [0.25, 0.3) is 5.91 Å². The zero-order valence-corrected chi connectivity index (χ0v) is 12.2. The van der Waals surface area contributed by atoms with Crippen molar-refractivity contribution in [2.24, 2.45) is 29.4 Å². The molecule has 21 heavy (non-hydrogen) atoms. The van der Waals surface area contributed by atoms with Crippen molar-refractivity contribution >= 4 is 5.91 Å². The zero-order chi connectivity index (χ0) is 14.4. The molecule has 0 aliphatic heterocycles. The molecule has 0 saturated heterocycles. The molecule has 4 bridgehead atoms. The van der Waals surface area contributed by atoms with Crippen LogP contribution in [0.25, 0.3) is 0 Å². The van der Waals surface area contributed by atoms with Gasteiger partial charge >= 0.3 is 0 Å². The average Bonchev–Trinajstić information content (AvgIpc) is 2.91. The third kappa shape index (κ3) is 2.35. The van der Waals surface area contributed by atoms with E-state index in [4.69, 9.17) is 5.73 Å². The number of hydrogen-bond donors (Lipinski definition) is 2. The summed E-state index contributed by atoms with van der Waals surface area (Å²) in [5.41, 5.74) is 5.90. The van der Waals surface area contributed by atoms with E-state index in [0.717, 1.165) is 11.8 Å². The lowest BCUT2D eigenvalue weighted by atomic mass is 9.54. The van der Waals surface area contributed by atoms with Gasteiger partial charge in [0.05, 0.1) is 12.7 Å². The molecular weight excluding hydrogens is 266 g/mol. The standard InChI is InChI=1S/C15H23N5O/c16-1-2-20-8-13(18-19-20)15(21)17-14-11-4-9-3-10(6-11)7-12(14)5-9/h8-12,14H,1-7,16H2,(H,17,21). The summed E-state index contributed by atoms with van der Waals surface area (Å²) in [6, 6.07) is 0.352. The number of hydrogen-bond acceptors (Lipinski definition) is 4. The Balaban J connectivity index is 1.44. The van der Waals surface area contributed by atoms with E-state index in [-0.39, 0.29) is 5.91 Å². The van der Waals surface area contributed by atoms with E-state index in [2.05, 4.69) is 15.6 Å². The molecule has 4 aliphatic carbocycles. The largest absolute Gasteiger partial charge is 0.347 e. The highest BCUT2D eigenvalue weighted by molar-refractivity contribution is 5.92. The molecule has 0 aromatic carbocycles. The SMILES string of the molecule is NCCn1cc(C(=O)NC2C3CC4CC(C3)CC2C4)nn1. The first kappa shape index (κ1) is 13.2. The summed E-state index contributed by atoms with van der Waals surface area (Å²) in [4.78, 5) is 12.4. The molecule has 4 saturated carbocycles. The van der Waals surface area contributed by atoms with Gasteiger partial charge in [-0.05, 0) is 55.8 Å². The van der Waals surface area contributed by atoms with Gasteiger partial charge in [-0.25, -0.2) is 0 Å². The predicted molar refractivity (Wildman–Crippen MR) is 77.4 cm³/mol. The van der Waals surface area contributed by atoms with Crippen LogP contribution in [0.15, 0.2) is 6.20 Å². The monoisotopic (exact) mass is 289 g/mol. The second-order valence-corrected chi connectivity index (χ2v) is 7.09. The molecular formula is C15H23N5O. The Kier molecular flexibility index (Phi) is 3.21. The number of amides is 1. The van der Waals surface area contributed by atoms with Crippen molar-refractivity contribution in [3.63, 3.8) is 0 Å². The molecule has 1 aromatic rings. The molecule has 1 amide bonds. The van der Waals surface area contributed by atoms with Gasteiger partial charge in [0.1, 0.15) is 0 Å². The van der Waals surface area contributed by atoms with Crippen LogP contribution in [0.3, 0.4) is 0 Å². The molecule has 0 spiro atoms. The second-order valence-electron chi connectivity index (χ2n) is 7.09. The number of nitrogens with one attached hydrogen (secondary N) is 1. The normalized spacial score (nSPS) is 36.9. The van der Waals surface area contributed by atoms with Gasteiger partial charge in [0.15, 0.2) is 5.69 Å². The Morgan fingerprint density at radius 3 is 2.52 bits per heavy atom. The zero-order valence-electron chi connectivity index (χ0n) is 12.2. The molecule has 0 unspecified atom stereocenters. The molecule has 6 nitrogen and oxygen atoms in total. The van der Waals surface area contributed by atoms with Crippen LogP contribution in [0.1, 0.15) is 42.6 Å². The maximum Gasteiger partial charge on any atom is 0.273 e. The molecule has 4 fully saturated rings. The molecule has 1 aromatic heterocycles. The fourth-order valence-electron chi connectivity index (χ4n) is 5.03. The Hall–Kier alpha value is -1.43. The van der Waals surface area contributed by atoms with E-state index in [0.29, 0.717) is 36.7 Å². The number of carbonyl (C=O) groups excluding carboxylic acids is 1. The van der Waals surface area contributed by atoms with Crippen molar-refractivity contribution < 1.29 is 4.79 Å². The minimum atomic E-state index is -0.0734. The number of carbonyl (C=O) groups is 1. The Labute approximate surface area is 124 Å². The first-order chi connectivity index (χ1) is 10.2. The van der Waals surface area contributed by atoms with Crippen LogP contribution >= 0.6 is 0 Å². The van der Waals surface area contributed by atoms with Gasteiger partial charge in [0.2, 0.25) is 0 Å². The highest BCUT2D eigenvalue weighted by atomic mass is 16.2. The van der Waals surface area contributed by atoms with Crippen LogP contribution in [0.4, 0.5) is 0 Å². The van der Waals surface area contributed by atoms with Gasteiger partial charge < -0.3 is 11.1 Å². The summed E-state index contributed by atoms with van der Waals surface area (Å²) >= 11 is 0. The third-order valence-corrected chi connectivity index (χ3v) is 5.65. The van der Waals surface area contributed by atoms with E-state index in [1.807, 2.05) is 0 Å². The van der Waals surface area contributed by atoms with E-state index in [9.17, 15) is 4.79 Å². The van der Waals surface area contributed by atoms with Crippen molar-refractivity contribution in [2.45, 2.75) is 44.7 Å². The van der Waals surface area contributed by atoms with Crippen molar-refractivity contribution in [3.05, 3.63) is 11.9 Å². The fraction of sp³-hybridized carbons (Fsp3) is 0.800. The molecule has 3 N–H and O–H groups in total. The van der Waals surface area contributed by atoms with E-state index < -0.39 is 0 Å².